The summed E-state index contributed by atoms with van der Waals surface area (Å²) >= 11 is 0. The van der Waals surface area contributed by atoms with Crippen LogP contribution >= 0.6 is 0 Å². The van der Waals surface area contributed by atoms with Crippen molar-refractivity contribution in [2.75, 3.05) is 18.5 Å². The van der Waals surface area contributed by atoms with E-state index >= 15 is 0 Å². The van der Waals surface area contributed by atoms with Gasteiger partial charge in [-0.3, -0.25) is 0 Å². The van der Waals surface area contributed by atoms with Gasteiger partial charge in [-0.1, -0.05) is 39.0 Å². The zero-order valence-corrected chi connectivity index (χ0v) is 16.1. The van der Waals surface area contributed by atoms with E-state index in [1.807, 2.05) is 18.2 Å². The lowest BCUT2D eigenvalue weighted by atomic mass is 9.86. The van der Waals surface area contributed by atoms with E-state index in [2.05, 4.69) is 43.5 Å². The van der Waals surface area contributed by atoms with Gasteiger partial charge in [0.15, 0.2) is 0 Å². The molecule has 2 aliphatic heterocycles. The summed E-state index contributed by atoms with van der Waals surface area (Å²) in [4.78, 5) is 12.6. The number of amides is 2. The van der Waals surface area contributed by atoms with Gasteiger partial charge < -0.3 is 20.1 Å². The molecule has 2 aromatic carbocycles. The number of rotatable bonds is 3. The highest BCUT2D eigenvalue weighted by atomic mass is 16.5. The van der Waals surface area contributed by atoms with Crippen molar-refractivity contribution >= 4 is 11.7 Å². The molecule has 5 heteroatoms. The van der Waals surface area contributed by atoms with Crippen molar-refractivity contribution in [3.8, 4) is 11.5 Å². The molecule has 0 unspecified atom stereocenters. The maximum atomic E-state index is 12.6. The Morgan fingerprint density at radius 3 is 2.70 bits per heavy atom. The zero-order valence-electron chi connectivity index (χ0n) is 16.1. The molecule has 2 heterocycles. The van der Waals surface area contributed by atoms with Crippen molar-refractivity contribution in [1.29, 1.82) is 0 Å². The fourth-order valence-corrected chi connectivity index (χ4v) is 3.85. The number of hydrogen-bond donors (Lipinski definition) is 2. The smallest absolute Gasteiger partial charge is 0.319 e. The minimum Gasteiger partial charge on any atom is -0.493 e. The van der Waals surface area contributed by atoms with Gasteiger partial charge in [0.1, 0.15) is 11.5 Å². The van der Waals surface area contributed by atoms with Crippen LogP contribution in [0.2, 0.25) is 0 Å². The van der Waals surface area contributed by atoms with Gasteiger partial charge in [0.05, 0.1) is 13.2 Å². The van der Waals surface area contributed by atoms with E-state index in [9.17, 15) is 4.79 Å². The predicted octanol–water partition coefficient (Wildman–Crippen LogP) is 4.18. The SMILES string of the molecule is CC(C)(C)c1ccccc1NC(=O)NCc1c2c(cc3c1OCC3)OCC2. The van der Waals surface area contributed by atoms with Crippen molar-refractivity contribution in [2.24, 2.45) is 0 Å². The summed E-state index contributed by atoms with van der Waals surface area (Å²) in [6.45, 7) is 8.23. The molecule has 0 saturated heterocycles. The second-order valence-electron chi connectivity index (χ2n) is 8.12. The van der Waals surface area contributed by atoms with E-state index in [1.54, 1.807) is 0 Å². The molecule has 2 N–H and O–H groups in total. The molecule has 0 bridgehead atoms. The second kappa shape index (κ2) is 6.80. The lowest BCUT2D eigenvalue weighted by molar-refractivity contribution is 0.251. The molecule has 0 radical (unpaired) electrons. The van der Waals surface area contributed by atoms with E-state index in [-0.39, 0.29) is 11.4 Å². The quantitative estimate of drug-likeness (QED) is 0.857. The van der Waals surface area contributed by atoms with Gasteiger partial charge in [-0.05, 0) is 23.1 Å². The Kier molecular flexibility index (Phi) is 4.46. The van der Waals surface area contributed by atoms with Crippen LogP contribution in [-0.4, -0.2) is 19.2 Å². The molecule has 142 valence electrons. The summed E-state index contributed by atoms with van der Waals surface area (Å²) in [5.41, 5.74) is 5.29. The fraction of sp³-hybridized carbons (Fsp3) is 0.409. The molecule has 27 heavy (non-hydrogen) atoms. The van der Waals surface area contributed by atoms with E-state index in [0.29, 0.717) is 19.8 Å². The molecule has 0 aliphatic carbocycles. The van der Waals surface area contributed by atoms with Crippen LogP contribution in [0.15, 0.2) is 30.3 Å². The summed E-state index contributed by atoms with van der Waals surface area (Å²) in [5.74, 6) is 1.86. The first-order valence-electron chi connectivity index (χ1n) is 9.51. The van der Waals surface area contributed by atoms with Gasteiger partial charge >= 0.3 is 6.03 Å². The molecule has 2 aromatic rings. The Hall–Kier alpha value is -2.69. The number of ether oxygens (including phenoxy) is 2. The van der Waals surface area contributed by atoms with Crippen molar-refractivity contribution < 1.29 is 14.3 Å². The van der Waals surface area contributed by atoms with Crippen LogP contribution in [0.25, 0.3) is 0 Å². The van der Waals surface area contributed by atoms with Crippen LogP contribution in [-0.2, 0) is 24.8 Å². The third-order valence-electron chi connectivity index (χ3n) is 5.17. The van der Waals surface area contributed by atoms with Gasteiger partial charge in [0.2, 0.25) is 0 Å². The summed E-state index contributed by atoms with van der Waals surface area (Å²) in [7, 11) is 0. The Balaban J connectivity index is 1.51. The van der Waals surface area contributed by atoms with E-state index in [0.717, 1.165) is 46.7 Å². The largest absolute Gasteiger partial charge is 0.493 e. The number of anilines is 1. The van der Waals surface area contributed by atoms with Crippen LogP contribution in [0.5, 0.6) is 11.5 Å². The minimum atomic E-state index is -0.213. The monoisotopic (exact) mass is 366 g/mol. The average Bonchev–Trinajstić information content (AvgIpc) is 3.27. The van der Waals surface area contributed by atoms with Crippen LogP contribution in [0.1, 0.15) is 43.0 Å². The summed E-state index contributed by atoms with van der Waals surface area (Å²) in [6.07, 6.45) is 1.75. The van der Waals surface area contributed by atoms with E-state index in [1.165, 1.54) is 5.56 Å². The van der Waals surface area contributed by atoms with Gasteiger partial charge in [-0.25, -0.2) is 4.79 Å². The highest BCUT2D eigenvalue weighted by Gasteiger charge is 2.26. The lowest BCUT2D eigenvalue weighted by Gasteiger charge is -2.23. The highest BCUT2D eigenvalue weighted by Crippen LogP contribution is 2.40. The molecule has 5 nitrogen and oxygen atoms in total. The number of fused-ring (bicyclic) bond motifs is 2. The number of benzene rings is 2. The Morgan fingerprint density at radius 1 is 1.11 bits per heavy atom. The molecule has 4 rings (SSSR count). The maximum Gasteiger partial charge on any atom is 0.319 e. The third-order valence-corrected chi connectivity index (χ3v) is 5.17. The van der Waals surface area contributed by atoms with Crippen molar-refractivity contribution in [1.82, 2.24) is 5.32 Å². The molecule has 0 spiro atoms. The molecule has 0 atom stereocenters. The van der Waals surface area contributed by atoms with Crippen LogP contribution in [0.4, 0.5) is 10.5 Å². The number of hydrogen-bond acceptors (Lipinski definition) is 3. The zero-order chi connectivity index (χ0) is 19.0. The van der Waals surface area contributed by atoms with Crippen molar-refractivity contribution in [3.63, 3.8) is 0 Å². The lowest BCUT2D eigenvalue weighted by Crippen LogP contribution is -2.30. The molecule has 2 amide bonds. The highest BCUT2D eigenvalue weighted by molar-refractivity contribution is 5.90. The van der Waals surface area contributed by atoms with E-state index in [4.69, 9.17) is 9.47 Å². The summed E-state index contributed by atoms with van der Waals surface area (Å²) in [5, 5.41) is 6.00. The maximum absolute atomic E-state index is 12.6. The van der Waals surface area contributed by atoms with Gasteiger partial charge in [0, 0.05) is 41.8 Å². The Morgan fingerprint density at radius 2 is 1.89 bits per heavy atom. The topological polar surface area (TPSA) is 59.6 Å². The van der Waals surface area contributed by atoms with Crippen LogP contribution < -0.4 is 20.1 Å². The molecule has 2 aliphatic rings. The first kappa shape index (κ1) is 17.7. The first-order chi connectivity index (χ1) is 12.9. The van der Waals surface area contributed by atoms with Gasteiger partial charge in [-0.15, -0.1) is 0 Å². The average molecular weight is 366 g/mol. The molecule has 0 saturated carbocycles. The number of nitrogens with one attached hydrogen (secondary N) is 2. The van der Waals surface area contributed by atoms with E-state index < -0.39 is 0 Å². The van der Waals surface area contributed by atoms with Gasteiger partial charge in [0.25, 0.3) is 0 Å². The first-order valence-corrected chi connectivity index (χ1v) is 9.51. The number of para-hydroxylation sites is 1. The molecular weight excluding hydrogens is 340 g/mol. The third kappa shape index (κ3) is 3.46. The number of carbonyl (C=O) groups excluding carboxylic acids is 1. The van der Waals surface area contributed by atoms with Crippen molar-refractivity contribution in [2.45, 2.75) is 45.6 Å². The number of carbonyl (C=O) groups is 1. The van der Waals surface area contributed by atoms with Crippen molar-refractivity contribution in [3.05, 3.63) is 52.6 Å². The summed E-state index contributed by atoms with van der Waals surface area (Å²) in [6, 6.07) is 9.81. The van der Waals surface area contributed by atoms with Crippen LogP contribution in [0, 0.1) is 0 Å². The fourth-order valence-electron chi connectivity index (χ4n) is 3.85. The summed E-state index contributed by atoms with van der Waals surface area (Å²) < 4.78 is 11.6. The standard InChI is InChI=1S/C22H26N2O3/c1-22(2,3)17-6-4-5-7-18(17)24-21(25)23-13-16-15-9-11-26-19(15)12-14-8-10-27-20(14)16/h4-7,12H,8-11,13H2,1-3H3,(H2,23,24,25). The molecule has 0 aromatic heterocycles. The molecular formula is C22H26N2O3. The Bertz CT molecular complexity index is 852. The second-order valence-corrected chi connectivity index (χ2v) is 8.12. The molecule has 0 fully saturated rings. The van der Waals surface area contributed by atoms with Crippen LogP contribution in [0.3, 0.4) is 0 Å². The van der Waals surface area contributed by atoms with Gasteiger partial charge in [-0.2, -0.15) is 0 Å². The Labute approximate surface area is 160 Å². The minimum absolute atomic E-state index is 0.0455. The number of urea groups is 1. The predicted molar refractivity (Wildman–Crippen MR) is 106 cm³/mol. The normalized spacial score (nSPS) is 14.8.